The van der Waals surface area contributed by atoms with Crippen LogP contribution in [0.5, 0.6) is 0 Å². The molecule has 2 aromatic rings. The van der Waals surface area contributed by atoms with Gasteiger partial charge in [-0.3, -0.25) is 4.79 Å². The summed E-state index contributed by atoms with van der Waals surface area (Å²) in [6.07, 6.45) is 2.22. The molecule has 1 aliphatic heterocycles. The summed E-state index contributed by atoms with van der Waals surface area (Å²) in [5, 5.41) is 1.91. The van der Waals surface area contributed by atoms with E-state index >= 15 is 0 Å². The molecule has 1 saturated heterocycles. The molecular weight excluding hydrogens is 350 g/mol. The lowest BCUT2D eigenvalue weighted by molar-refractivity contribution is -0.132. The fraction of sp³-hybridized carbons (Fsp3) is 0.632. The highest BCUT2D eigenvalue weighted by atomic mass is 32.2. The molecule has 2 aromatic heterocycles. The number of aryl methyl sites for hydroxylation is 2. The SMILES string of the molecule is CCc1cc2c(SC(C)C(=O)N3CC(C)CC(C)C3)nc(C)nc2s1. The van der Waals surface area contributed by atoms with E-state index in [1.165, 1.54) is 11.3 Å². The number of piperidine rings is 1. The minimum absolute atomic E-state index is 0.125. The Balaban J connectivity index is 1.80. The van der Waals surface area contributed by atoms with E-state index in [-0.39, 0.29) is 11.2 Å². The van der Waals surface area contributed by atoms with E-state index in [4.69, 9.17) is 0 Å². The Labute approximate surface area is 158 Å². The first-order valence-corrected chi connectivity index (χ1v) is 10.8. The van der Waals surface area contributed by atoms with Gasteiger partial charge in [-0.05, 0) is 44.6 Å². The molecule has 0 aromatic carbocycles. The second kappa shape index (κ2) is 7.62. The standard InChI is InChI=1S/C19H27N3OS2/c1-6-15-8-16-17(20-14(5)21-18(16)25-15)24-13(4)19(23)22-9-11(2)7-12(3)10-22/h8,11-13H,6-7,9-10H2,1-5H3. The first-order chi connectivity index (χ1) is 11.9. The Bertz CT molecular complexity index is 763. The Hall–Kier alpha value is -1.14. The maximum atomic E-state index is 12.9. The van der Waals surface area contributed by atoms with Crippen LogP contribution in [0.25, 0.3) is 10.2 Å². The summed E-state index contributed by atoms with van der Waals surface area (Å²) in [7, 11) is 0. The Morgan fingerprint density at radius 3 is 2.68 bits per heavy atom. The van der Waals surface area contributed by atoms with Crippen LogP contribution in [0.15, 0.2) is 11.1 Å². The smallest absolute Gasteiger partial charge is 0.235 e. The summed E-state index contributed by atoms with van der Waals surface area (Å²) in [6, 6.07) is 2.18. The Morgan fingerprint density at radius 1 is 1.36 bits per heavy atom. The molecule has 136 valence electrons. The number of likely N-dealkylation sites (tertiary alicyclic amines) is 1. The number of amides is 1. The van der Waals surface area contributed by atoms with Crippen molar-refractivity contribution in [3.8, 4) is 0 Å². The van der Waals surface area contributed by atoms with Crippen molar-refractivity contribution in [2.75, 3.05) is 13.1 Å². The van der Waals surface area contributed by atoms with Gasteiger partial charge in [-0.2, -0.15) is 0 Å². The highest BCUT2D eigenvalue weighted by Gasteiger charge is 2.29. The zero-order valence-corrected chi connectivity index (χ0v) is 17.3. The van der Waals surface area contributed by atoms with E-state index < -0.39 is 0 Å². The number of fused-ring (bicyclic) bond motifs is 1. The maximum absolute atomic E-state index is 12.9. The van der Waals surface area contributed by atoms with Gasteiger partial charge in [0.2, 0.25) is 5.91 Å². The number of thioether (sulfide) groups is 1. The number of carbonyl (C=O) groups is 1. The Morgan fingerprint density at radius 2 is 2.04 bits per heavy atom. The van der Waals surface area contributed by atoms with Crippen LogP contribution in [0, 0.1) is 18.8 Å². The minimum Gasteiger partial charge on any atom is -0.341 e. The molecule has 3 atom stereocenters. The second-order valence-corrected chi connectivity index (χ2v) is 9.76. The van der Waals surface area contributed by atoms with E-state index in [1.807, 2.05) is 18.7 Å². The molecule has 1 aliphatic rings. The van der Waals surface area contributed by atoms with Crippen LogP contribution in [0.4, 0.5) is 0 Å². The number of thiophene rings is 1. The molecule has 4 nitrogen and oxygen atoms in total. The lowest BCUT2D eigenvalue weighted by atomic mass is 9.92. The van der Waals surface area contributed by atoms with E-state index in [1.54, 1.807) is 23.1 Å². The number of hydrogen-bond donors (Lipinski definition) is 0. The van der Waals surface area contributed by atoms with Crippen LogP contribution < -0.4 is 0 Å². The summed E-state index contributed by atoms with van der Waals surface area (Å²) in [5.41, 5.74) is 0. The molecule has 0 saturated carbocycles. The summed E-state index contributed by atoms with van der Waals surface area (Å²) in [6.45, 7) is 12.3. The second-order valence-electron chi connectivity index (χ2n) is 7.31. The van der Waals surface area contributed by atoms with Crippen LogP contribution in [0.3, 0.4) is 0 Å². The van der Waals surface area contributed by atoms with Crippen molar-refractivity contribution in [3.05, 3.63) is 16.8 Å². The van der Waals surface area contributed by atoms with Crippen LogP contribution in [0.1, 0.15) is 44.8 Å². The van der Waals surface area contributed by atoms with Crippen molar-refractivity contribution in [1.82, 2.24) is 14.9 Å². The average molecular weight is 378 g/mol. The third kappa shape index (κ3) is 4.17. The van der Waals surface area contributed by atoms with Crippen LogP contribution in [0.2, 0.25) is 0 Å². The minimum atomic E-state index is -0.125. The van der Waals surface area contributed by atoms with Gasteiger partial charge in [0.1, 0.15) is 15.7 Å². The molecule has 0 N–H and O–H groups in total. The molecule has 0 spiro atoms. The van der Waals surface area contributed by atoms with Crippen molar-refractivity contribution >= 4 is 39.2 Å². The zero-order valence-electron chi connectivity index (χ0n) is 15.7. The maximum Gasteiger partial charge on any atom is 0.235 e. The van der Waals surface area contributed by atoms with Gasteiger partial charge >= 0.3 is 0 Å². The molecule has 25 heavy (non-hydrogen) atoms. The zero-order chi connectivity index (χ0) is 18.1. The summed E-state index contributed by atoms with van der Waals surface area (Å²) >= 11 is 3.31. The van der Waals surface area contributed by atoms with Gasteiger partial charge in [-0.1, -0.05) is 32.5 Å². The van der Waals surface area contributed by atoms with Crippen molar-refractivity contribution in [2.45, 2.75) is 57.7 Å². The highest BCUT2D eigenvalue weighted by Crippen LogP contribution is 2.34. The fourth-order valence-corrected chi connectivity index (χ4v) is 5.76. The molecule has 3 heterocycles. The lowest BCUT2D eigenvalue weighted by Gasteiger charge is -2.36. The molecular formula is C19H27N3OS2. The number of hydrogen-bond acceptors (Lipinski definition) is 5. The van der Waals surface area contributed by atoms with Gasteiger partial charge in [0.05, 0.1) is 5.25 Å². The molecule has 3 unspecified atom stereocenters. The quantitative estimate of drug-likeness (QED) is 0.579. The van der Waals surface area contributed by atoms with Crippen molar-refractivity contribution in [2.24, 2.45) is 11.8 Å². The summed E-state index contributed by atoms with van der Waals surface area (Å²) < 4.78 is 0. The van der Waals surface area contributed by atoms with Crippen molar-refractivity contribution in [3.63, 3.8) is 0 Å². The van der Waals surface area contributed by atoms with E-state index in [2.05, 4.69) is 36.8 Å². The first-order valence-electron chi connectivity index (χ1n) is 9.09. The lowest BCUT2D eigenvalue weighted by Crippen LogP contribution is -2.45. The number of carbonyl (C=O) groups excluding carboxylic acids is 1. The fourth-order valence-electron chi connectivity index (χ4n) is 3.63. The van der Waals surface area contributed by atoms with E-state index in [0.717, 1.165) is 40.6 Å². The normalized spacial score (nSPS) is 22.4. The third-order valence-corrected chi connectivity index (χ3v) is 6.95. The van der Waals surface area contributed by atoms with Gasteiger partial charge < -0.3 is 4.90 Å². The summed E-state index contributed by atoms with van der Waals surface area (Å²) in [5.74, 6) is 2.18. The van der Waals surface area contributed by atoms with E-state index in [0.29, 0.717) is 11.8 Å². The molecule has 3 rings (SSSR count). The molecule has 1 fully saturated rings. The number of rotatable bonds is 4. The average Bonchev–Trinajstić information content (AvgIpc) is 2.96. The van der Waals surface area contributed by atoms with Crippen LogP contribution >= 0.6 is 23.1 Å². The Kier molecular flexibility index (Phi) is 5.68. The van der Waals surface area contributed by atoms with E-state index in [9.17, 15) is 4.79 Å². The predicted octanol–water partition coefficient (Wildman–Crippen LogP) is 4.55. The molecule has 0 radical (unpaired) electrons. The van der Waals surface area contributed by atoms with Gasteiger partial charge in [0.15, 0.2) is 0 Å². The highest BCUT2D eigenvalue weighted by molar-refractivity contribution is 8.00. The monoisotopic (exact) mass is 377 g/mol. The number of nitrogens with zero attached hydrogens (tertiary/aromatic N) is 3. The van der Waals surface area contributed by atoms with Crippen molar-refractivity contribution in [1.29, 1.82) is 0 Å². The molecule has 6 heteroatoms. The van der Waals surface area contributed by atoms with Gasteiger partial charge in [0.25, 0.3) is 0 Å². The van der Waals surface area contributed by atoms with Gasteiger partial charge in [0, 0.05) is 23.4 Å². The van der Waals surface area contributed by atoms with Crippen LogP contribution in [-0.4, -0.2) is 39.1 Å². The largest absolute Gasteiger partial charge is 0.341 e. The molecule has 0 aliphatic carbocycles. The third-order valence-electron chi connectivity index (χ3n) is 4.69. The van der Waals surface area contributed by atoms with Gasteiger partial charge in [-0.15, -0.1) is 11.3 Å². The van der Waals surface area contributed by atoms with Crippen LogP contribution in [-0.2, 0) is 11.2 Å². The first kappa shape index (κ1) is 18.6. The number of aromatic nitrogens is 2. The van der Waals surface area contributed by atoms with Gasteiger partial charge in [-0.25, -0.2) is 9.97 Å². The predicted molar refractivity (Wildman–Crippen MR) is 106 cm³/mol. The van der Waals surface area contributed by atoms with Crippen molar-refractivity contribution < 1.29 is 4.79 Å². The molecule has 1 amide bonds. The summed E-state index contributed by atoms with van der Waals surface area (Å²) in [4.78, 5) is 26.5. The molecule has 0 bridgehead atoms. The topological polar surface area (TPSA) is 46.1 Å².